The molecule has 1 spiro atoms. The lowest BCUT2D eigenvalue weighted by molar-refractivity contribution is -0.111. The zero-order valence-electron chi connectivity index (χ0n) is 13.3. The molecular weight excluding hydrogens is 254 g/mol. The van der Waals surface area contributed by atoms with Crippen LogP contribution in [0.3, 0.4) is 0 Å². The number of nitrogens with one attached hydrogen (secondary N) is 1. The van der Waals surface area contributed by atoms with Crippen LogP contribution >= 0.6 is 0 Å². The molecule has 4 heteroatoms. The lowest BCUT2D eigenvalue weighted by Crippen LogP contribution is -2.52. The zero-order chi connectivity index (χ0) is 14.4. The van der Waals surface area contributed by atoms with E-state index in [4.69, 9.17) is 14.2 Å². The van der Waals surface area contributed by atoms with E-state index in [2.05, 4.69) is 19.2 Å². The normalized spacial score (nSPS) is 33.5. The molecule has 2 aliphatic rings. The molecule has 1 N–H and O–H groups in total. The lowest BCUT2D eigenvalue weighted by atomic mass is 9.79. The molecule has 0 radical (unpaired) electrons. The second-order valence-corrected chi connectivity index (χ2v) is 6.25. The number of methoxy groups -OCH3 is 1. The highest BCUT2D eigenvalue weighted by Gasteiger charge is 2.44. The Balaban J connectivity index is 2.02. The van der Waals surface area contributed by atoms with Crippen LogP contribution in [-0.2, 0) is 14.2 Å². The van der Waals surface area contributed by atoms with Crippen molar-refractivity contribution in [3.8, 4) is 0 Å². The molecule has 4 atom stereocenters. The van der Waals surface area contributed by atoms with E-state index in [1.807, 2.05) is 7.11 Å². The van der Waals surface area contributed by atoms with Crippen molar-refractivity contribution in [3.63, 3.8) is 0 Å². The van der Waals surface area contributed by atoms with E-state index in [0.29, 0.717) is 18.1 Å². The summed E-state index contributed by atoms with van der Waals surface area (Å²) >= 11 is 0. The first-order valence-corrected chi connectivity index (χ1v) is 8.22. The summed E-state index contributed by atoms with van der Waals surface area (Å²) in [5.41, 5.74) is -0.0128. The fraction of sp³-hybridized carbons (Fsp3) is 1.00. The molecule has 2 heterocycles. The third kappa shape index (κ3) is 3.73. The maximum atomic E-state index is 6.06. The molecular formula is C16H31NO3. The van der Waals surface area contributed by atoms with Crippen LogP contribution in [0.5, 0.6) is 0 Å². The largest absolute Gasteiger partial charge is 0.380 e. The molecule has 4 nitrogen and oxygen atoms in total. The van der Waals surface area contributed by atoms with Gasteiger partial charge in [-0.15, -0.1) is 0 Å². The van der Waals surface area contributed by atoms with Gasteiger partial charge in [-0.2, -0.15) is 0 Å². The van der Waals surface area contributed by atoms with Crippen molar-refractivity contribution in [2.24, 2.45) is 5.92 Å². The highest BCUT2D eigenvalue weighted by molar-refractivity contribution is 4.95. The Kier molecular flexibility index (Phi) is 6.27. The summed E-state index contributed by atoms with van der Waals surface area (Å²) in [5, 5.41) is 3.73. The number of ether oxygens (including phenoxy) is 3. The van der Waals surface area contributed by atoms with Crippen LogP contribution in [0, 0.1) is 5.92 Å². The van der Waals surface area contributed by atoms with Gasteiger partial charge in [0.15, 0.2) is 0 Å². The first kappa shape index (κ1) is 16.2. The Morgan fingerprint density at radius 1 is 1.35 bits per heavy atom. The van der Waals surface area contributed by atoms with Crippen molar-refractivity contribution in [1.82, 2.24) is 5.32 Å². The Morgan fingerprint density at radius 3 is 2.80 bits per heavy atom. The van der Waals surface area contributed by atoms with Gasteiger partial charge in [-0.25, -0.2) is 0 Å². The van der Waals surface area contributed by atoms with Gasteiger partial charge in [0.1, 0.15) is 0 Å². The number of hydrogen-bond donors (Lipinski definition) is 1. The molecule has 0 aromatic rings. The minimum absolute atomic E-state index is 0.0128. The van der Waals surface area contributed by atoms with Crippen molar-refractivity contribution in [1.29, 1.82) is 0 Å². The minimum atomic E-state index is -0.0128. The van der Waals surface area contributed by atoms with Crippen LogP contribution in [0.1, 0.15) is 46.0 Å². The van der Waals surface area contributed by atoms with E-state index in [1.165, 1.54) is 0 Å². The zero-order valence-corrected chi connectivity index (χ0v) is 13.3. The quantitative estimate of drug-likeness (QED) is 0.779. The lowest BCUT2D eigenvalue weighted by Gasteiger charge is -2.42. The molecule has 0 saturated carbocycles. The molecule has 0 aromatic heterocycles. The van der Waals surface area contributed by atoms with Crippen LogP contribution in [0.25, 0.3) is 0 Å². The van der Waals surface area contributed by atoms with Crippen molar-refractivity contribution in [3.05, 3.63) is 0 Å². The van der Waals surface area contributed by atoms with E-state index in [1.54, 1.807) is 0 Å². The third-order valence-corrected chi connectivity index (χ3v) is 4.84. The van der Waals surface area contributed by atoms with E-state index in [0.717, 1.165) is 58.5 Å². The van der Waals surface area contributed by atoms with Crippen LogP contribution in [0.4, 0.5) is 0 Å². The van der Waals surface area contributed by atoms with Gasteiger partial charge in [0.05, 0.1) is 18.3 Å². The Labute approximate surface area is 123 Å². The molecule has 0 bridgehead atoms. The van der Waals surface area contributed by atoms with Gasteiger partial charge in [-0.3, -0.25) is 0 Å². The standard InChI is InChI=1S/C16H31NO3/c1-4-8-17-15(14(5-2)18-3)13-6-9-20-16(11-13)7-10-19-12-16/h13-15,17H,4-12H2,1-3H3. The highest BCUT2D eigenvalue weighted by atomic mass is 16.6. The molecule has 2 fully saturated rings. The van der Waals surface area contributed by atoms with Crippen LogP contribution in [-0.4, -0.2) is 51.2 Å². The first-order valence-electron chi connectivity index (χ1n) is 8.22. The van der Waals surface area contributed by atoms with E-state index in [9.17, 15) is 0 Å². The predicted molar refractivity (Wildman–Crippen MR) is 80.0 cm³/mol. The summed E-state index contributed by atoms with van der Waals surface area (Å²) in [6, 6.07) is 0.436. The van der Waals surface area contributed by atoms with Gasteiger partial charge in [-0.05, 0) is 38.1 Å². The third-order valence-electron chi connectivity index (χ3n) is 4.84. The highest BCUT2D eigenvalue weighted by Crippen LogP contribution is 2.38. The maximum absolute atomic E-state index is 6.06. The fourth-order valence-corrected chi connectivity index (χ4v) is 3.72. The smallest absolute Gasteiger partial charge is 0.0939 e. The molecule has 4 unspecified atom stereocenters. The second-order valence-electron chi connectivity index (χ2n) is 6.25. The molecule has 118 valence electrons. The van der Waals surface area contributed by atoms with Gasteiger partial charge in [0.2, 0.25) is 0 Å². The molecule has 2 rings (SSSR count). The molecule has 0 aromatic carbocycles. The van der Waals surface area contributed by atoms with E-state index >= 15 is 0 Å². The van der Waals surface area contributed by atoms with Gasteiger partial charge in [0, 0.05) is 32.8 Å². The average molecular weight is 285 g/mol. The molecule has 2 saturated heterocycles. The molecule has 0 aliphatic carbocycles. The summed E-state index contributed by atoms with van der Waals surface area (Å²) in [6.07, 6.45) is 5.79. The predicted octanol–water partition coefficient (Wildman–Crippen LogP) is 2.37. The Morgan fingerprint density at radius 2 is 2.20 bits per heavy atom. The van der Waals surface area contributed by atoms with Crippen molar-refractivity contribution in [2.45, 2.75) is 63.7 Å². The Bertz CT molecular complexity index is 275. The molecule has 0 amide bonds. The SMILES string of the molecule is CCCNC(C1CCOC2(CCOC2)C1)C(CC)OC. The van der Waals surface area contributed by atoms with Crippen LogP contribution in [0.15, 0.2) is 0 Å². The van der Waals surface area contributed by atoms with Crippen LogP contribution < -0.4 is 5.32 Å². The maximum Gasteiger partial charge on any atom is 0.0939 e. The summed E-state index contributed by atoms with van der Waals surface area (Å²) in [4.78, 5) is 0. The average Bonchev–Trinajstić information content (AvgIpc) is 2.91. The van der Waals surface area contributed by atoms with Crippen molar-refractivity contribution in [2.75, 3.05) is 33.5 Å². The summed E-state index contributed by atoms with van der Waals surface area (Å²) in [5.74, 6) is 0.627. The summed E-state index contributed by atoms with van der Waals surface area (Å²) in [6.45, 7) is 7.97. The molecule has 20 heavy (non-hydrogen) atoms. The fourth-order valence-electron chi connectivity index (χ4n) is 3.72. The second kappa shape index (κ2) is 7.74. The topological polar surface area (TPSA) is 39.7 Å². The van der Waals surface area contributed by atoms with Crippen molar-refractivity contribution < 1.29 is 14.2 Å². The summed E-state index contributed by atoms with van der Waals surface area (Å²) < 4.78 is 17.4. The van der Waals surface area contributed by atoms with Gasteiger partial charge in [-0.1, -0.05) is 13.8 Å². The molecule has 2 aliphatic heterocycles. The number of rotatable bonds is 7. The van der Waals surface area contributed by atoms with E-state index in [-0.39, 0.29) is 5.60 Å². The monoisotopic (exact) mass is 285 g/mol. The van der Waals surface area contributed by atoms with Crippen LogP contribution in [0.2, 0.25) is 0 Å². The Hall–Kier alpha value is -0.160. The van der Waals surface area contributed by atoms with Gasteiger partial charge < -0.3 is 19.5 Å². The van der Waals surface area contributed by atoms with E-state index < -0.39 is 0 Å². The first-order chi connectivity index (χ1) is 9.74. The number of hydrogen-bond acceptors (Lipinski definition) is 4. The van der Waals surface area contributed by atoms with Gasteiger partial charge >= 0.3 is 0 Å². The van der Waals surface area contributed by atoms with Gasteiger partial charge in [0.25, 0.3) is 0 Å². The minimum Gasteiger partial charge on any atom is -0.380 e. The summed E-state index contributed by atoms with van der Waals surface area (Å²) in [7, 11) is 1.84. The van der Waals surface area contributed by atoms with Crippen molar-refractivity contribution >= 4 is 0 Å².